The van der Waals surface area contributed by atoms with Crippen molar-refractivity contribution >= 4 is 41.4 Å². The van der Waals surface area contributed by atoms with E-state index in [-0.39, 0.29) is 36.3 Å². The molecular formula is C26H28N2O7. The van der Waals surface area contributed by atoms with E-state index < -0.39 is 12.1 Å². The molecule has 0 aliphatic carbocycles. The van der Waals surface area contributed by atoms with Crippen molar-refractivity contribution in [2.45, 2.75) is 38.8 Å². The van der Waals surface area contributed by atoms with Gasteiger partial charge < -0.3 is 24.3 Å². The van der Waals surface area contributed by atoms with E-state index in [9.17, 15) is 24.3 Å². The molecule has 1 aromatic carbocycles. The number of phenols is 1. The topological polar surface area (TPSA) is 123 Å². The summed E-state index contributed by atoms with van der Waals surface area (Å²) in [7, 11) is 3.27. The molecule has 2 heterocycles. The third-order valence-electron chi connectivity index (χ3n) is 5.85. The average molecular weight is 481 g/mol. The van der Waals surface area contributed by atoms with Crippen molar-refractivity contribution in [3.63, 3.8) is 0 Å². The van der Waals surface area contributed by atoms with Gasteiger partial charge in [0.2, 0.25) is 0 Å². The van der Waals surface area contributed by atoms with Gasteiger partial charge in [0.05, 0.1) is 29.9 Å². The van der Waals surface area contributed by atoms with E-state index >= 15 is 0 Å². The molecule has 9 heteroatoms. The minimum atomic E-state index is -1.36. The molecule has 1 aromatic heterocycles. The van der Waals surface area contributed by atoms with Crippen LogP contribution < -0.4 is 0 Å². The van der Waals surface area contributed by atoms with Crippen LogP contribution in [0.4, 0.5) is 0 Å². The van der Waals surface area contributed by atoms with Gasteiger partial charge in [0.15, 0.2) is 12.4 Å². The van der Waals surface area contributed by atoms with Crippen molar-refractivity contribution in [2.24, 2.45) is 0 Å². The molecule has 1 N–H and O–H groups in total. The minimum absolute atomic E-state index is 0.0361. The number of phenolic OH excluding ortho intramolecular Hbond substituents is 1. The van der Waals surface area contributed by atoms with Gasteiger partial charge in [0, 0.05) is 49.2 Å². The van der Waals surface area contributed by atoms with Crippen molar-refractivity contribution in [1.29, 1.82) is 0 Å². The number of carbonyl (C=O) groups excluding carboxylic acids is 4. The first-order valence-corrected chi connectivity index (χ1v) is 11.2. The number of ether oxygens (including phenoxy) is 2. The van der Waals surface area contributed by atoms with Gasteiger partial charge in [-0.15, -0.1) is 0 Å². The number of esters is 1. The number of benzene rings is 1. The summed E-state index contributed by atoms with van der Waals surface area (Å²) in [5.41, 5.74) is 4.36. The first-order valence-electron chi connectivity index (χ1n) is 11.2. The van der Waals surface area contributed by atoms with Gasteiger partial charge in [0.1, 0.15) is 18.3 Å². The number of carbonyl (C=O) groups is 4. The van der Waals surface area contributed by atoms with E-state index in [2.05, 4.69) is 0 Å². The van der Waals surface area contributed by atoms with Crippen molar-refractivity contribution < 1.29 is 33.8 Å². The van der Waals surface area contributed by atoms with Crippen LogP contribution in [0, 0.1) is 0 Å². The van der Waals surface area contributed by atoms with Crippen LogP contribution in [-0.2, 0) is 41.6 Å². The van der Waals surface area contributed by atoms with Crippen LogP contribution in [0.5, 0.6) is 5.75 Å². The van der Waals surface area contributed by atoms with Gasteiger partial charge in [-0.05, 0) is 36.3 Å². The largest absolute Gasteiger partial charge is 0.508 e. The zero-order valence-electron chi connectivity index (χ0n) is 19.9. The first kappa shape index (κ1) is 25.8. The molecule has 0 saturated heterocycles. The van der Waals surface area contributed by atoms with Crippen LogP contribution in [0.25, 0.3) is 16.6 Å². The van der Waals surface area contributed by atoms with Crippen LogP contribution in [0.15, 0.2) is 35.4 Å². The molecule has 3 rings (SSSR count). The smallest absolute Gasteiger partial charge is 0.307 e. The molecule has 35 heavy (non-hydrogen) atoms. The van der Waals surface area contributed by atoms with Crippen molar-refractivity contribution in [3.05, 3.63) is 52.2 Å². The van der Waals surface area contributed by atoms with Crippen LogP contribution >= 0.6 is 0 Å². The Kier molecular flexibility index (Phi) is 8.48. The number of nitrogens with zero attached hydrogens (tertiary/aromatic N) is 2. The van der Waals surface area contributed by atoms with Crippen molar-refractivity contribution in [1.82, 2.24) is 9.88 Å². The van der Waals surface area contributed by atoms with Crippen LogP contribution in [0.3, 0.4) is 0 Å². The van der Waals surface area contributed by atoms with Crippen molar-refractivity contribution in [2.75, 3.05) is 20.8 Å². The number of methoxy groups -OCH3 is 1. The molecule has 0 bridgehead atoms. The Balaban J connectivity index is 2.18. The monoisotopic (exact) mass is 480 g/mol. The summed E-state index contributed by atoms with van der Waals surface area (Å²) in [6, 6.07) is 5.00. The highest BCUT2D eigenvalue weighted by molar-refractivity contribution is 5.90. The van der Waals surface area contributed by atoms with Gasteiger partial charge in [-0.1, -0.05) is 6.92 Å². The lowest BCUT2D eigenvalue weighted by molar-refractivity contribution is -0.150. The second-order valence-corrected chi connectivity index (χ2v) is 8.14. The van der Waals surface area contributed by atoms with E-state index in [1.807, 2.05) is 18.9 Å². The molecule has 1 unspecified atom stereocenters. The van der Waals surface area contributed by atoms with E-state index in [1.165, 1.54) is 7.11 Å². The number of fused-ring (bicyclic) bond motifs is 2. The molecule has 0 amide bonds. The summed E-state index contributed by atoms with van der Waals surface area (Å²) in [6.45, 7) is 2.46. The highest BCUT2D eigenvalue weighted by Crippen LogP contribution is 2.38. The summed E-state index contributed by atoms with van der Waals surface area (Å²) in [5, 5.41) is 10.8. The SMILES string of the molecule is CCc1c2c(nc3ccc(O)cc13)/C(=C/C(=C(\C=O)COC)C(C=O)OC(=O)CCC=O)N(C)C2. The predicted octanol–water partition coefficient (Wildman–Crippen LogP) is 2.52. The van der Waals surface area contributed by atoms with E-state index in [4.69, 9.17) is 14.5 Å². The molecule has 184 valence electrons. The number of hydrogen-bond donors (Lipinski definition) is 1. The Bertz CT molecular complexity index is 1220. The van der Waals surface area contributed by atoms with Crippen LogP contribution in [0.2, 0.25) is 0 Å². The summed E-state index contributed by atoms with van der Waals surface area (Å²) in [6.07, 6.45) is 2.35. The summed E-state index contributed by atoms with van der Waals surface area (Å²) in [5.74, 6) is -0.577. The second-order valence-electron chi connectivity index (χ2n) is 8.14. The standard InChI is InChI=1S/C26H28N2O7/c1-4-18-20-10-17(32)7-8-22(20)27-26-21(18)12-28(2)23(26)11-19(16(13-30)15-34-3)24(14-31)35-25(33)6-5-9-29/h7-11,13-14,24,32H,4-6,12,15H2,1-3H3/b19-16-,23-11-. The van der Waals surface area contributed by atoms with Gasteiger partial charge >= 0.3 is 5.97 Å². The first-order chi connectivity index (χ1) is 16.9. The Morgan fingerprint density at radius 3 is 2.69 bits per heavy atom. The van der Waals surface area contributed by atoms with Gasteiger partial charge in [0.25, 0.3) is 0 Å². The molecule has 0 fully saturated rings. The van der Waals surface area contributed by atoms with E-state index in [0.29, 0.717) is 48.7 Å². The lowest BCUT2D eigenvalue weighted by Crippen LogP contribution is -2.24. The minimum Gasteiger partial charge on any atom is -0.508 e. The fraction of sp³-hybridized carbons (Fsp3) is 0.346. The Hall–Kier alpha value is -3.85. The Morgan fingerprint density at radius 1 is 1.29 bits per heavy atom. The third kappa shape index (κ3) is 5.46. The fourth-order valence-electron chi connectivity index (χ4n) is 4.21. The van der Waals surface area contributed by atoms with E-state index in [0.717, 1.165) is 16.5 Å². The van der Waals surface area contributed by atoms with Crippen LogP contribution in [0.1, 0.15) is 36.6 Å². The highest BCUT2D eigenvalue weighted by atomic mass is 16.5. The van der Waals surface area contributed by atoms with Crippen LogP contribution in [-0.4, -0.2) is 66.7 Å². The molecular weight excluding hydrogens is 452 g/mol. The van der Waals surface area contributed by atoms with Gasteiger partial charge in [-0.3, -0.25) is 14.4 Å². The summed E-state index contributed by atoms with van der Waals surface area (Å²) in [4.78, 5) is 53.4. The molecule has 2 aromatic rings. The molecule has 1 atom stereocenters. The number of aromatic hydroxyl groups is 1. The maximum absolute atomic E-state index is 12.2. The summed E-state index contributed by atoms with van der Waals surface area (Å²) < 4.78 is 10.4. The predicted molar refractivity (Wildman–Crippen MR) is 128 cm³/mol. The fourth-order valence-corrected chi connectivity index (χ4v) is 4.21. The number of hydrogen-bond acceptors (Lipinski definition) is 9. The number of aromatic nitrogens is 1. The second kappa shape index (κ2) is 11.5. The quantitative estimate of drug-likeness (QED) is 0.293. The van der Waals surface area contributed by atoms with E-state index in [1.54, 1.807) is 24.3 Å². The Morgan fingerprint density at radius 2 is 2.06 bits per heavy atom. The number of pyridine rings is 1. The Labute approximate surface area is 203 Å². The molecule has 9 nitrogen and oxygen atoms in total. The zero-order chi connectivity index (χ0) is 25.5. The molecule has 0 radical (unpaired) electrons. The number of rotatable bonds is 11. The molecule has 0 saturated carbocycles. The lowest BCUT2D eigenvalue weighted by Gasteiger charge is -2.19. The third-order valence-corrected chi connectivity index (χ3v) is 5.85. The summed E-state index contributed by atoms with van der Waals surface area (Å²) >= 11 is 0. The molecule has 0 spiro atoms. The molecule has 1 aliphatic rings. The zero-order valence-corrected chi connectivity index (χ0v) is 19.9. The number of aldehydes is 3. The molecule has 1 aliphatic heterocycles. The highest BCUT2D eigenvalue weighted by Gasteiger charge is 2.29. The normalized spacial score (nSPS) is 15.5. The maximum Gasteiger partial charge on any atom is 0.307 e. The van der Waals surface area contributed by atoms with Gasteiger partial charge in [-0.25, -0.2) is 4.98 Å². The van der Waals surface area contributed by atoms with Crippen molar-refractivity contribution in [3.8, 4) is 5.75 Å². The lowest BCUT2D eigenvalue weighted by atomic mass is 9.97. The number of aryl methyl sites for hydroxylation is 1. The van der Waals surface area contributed by atoms with Gasteiger partial charge in [-0.2, -0.15) is 0 Å². The average Bonchev–Trinajstić information content (AvgIpc) is 3.16. The maximum atomic E-state index is 12.2.